The first-order valence-corrected chi connectivity index (χ1v) is 3.30. The van der Waals surface area contributed by atoms with Gasteiger partial charge in [0.05, 0.1) is 0 Å². The summed E-state index contributed by atoms with van der Waals surface area (Å²) >= 11 is 0. The number of hydrogen-bond acceptors (Lipinski definition) is 0. The van der Waals surface area contributed by atoms with Crippen LogP contribution in [0.4, 0.5) is 0 Å². The number of rotatable bonds is 0. The Kier molecular flexibility index (Phi) is 13.5. The summed E-state index contributed by atoms with van der Waals surface area (Å²) in [5.41, 5.74) is 0. The quantitative estimate of drug-likeness (QED) is 0.416. The molecule has 0 aliphatic heterocycles. The fraction of sp³-hybridized carbons (Fsp3) is 0.500. The third kappa shape index (κ3) is 7.08. The van der Waals surface area contributed by atoms with E-state index in [2.05, 4.69) is 24.3 Å². The van der Waals surface area contributed by atoms with E-state index in [0.29, 0.717) is 0 Å². The van der Waals surface area contributed by atoms with E-state index in [1.54, 1.807) is 0 Å². The monoisotopic (exact) mass is 423 g/mol. The van der Waals surface area contributed by atoms with Crippen LogP contribution in [0.25, 0.3) is 0 Å². The van der Waals surface area contributed by atoms with Gasteiger partial charge in [-0.25, -0.2) is 0 Å². The van der Waals surface area contributed by atoms with E-state index in [9.17, 15) is 0 Å². The molecule has 0 atom stereocenters. The SMILES string of the molecule is C1=CCCC=CCC1.[Pt+2].[Sn+4]. The second kappa shape index (κ2) is 9.97. The number of hydrogen-bond donors (Lipinski definition) is 0. The van der Waals surface area contributed by atoms with Crippen LogP contribution < -0.4 is 0 Å². The maximum Gasteiger partial charge on any atom is 4.00 e. The van der Waals surface area contributed by atoms with Crippen molar-refractivity contribution >= 4 is 23.9 Å². The molecule has 1 rings (SSSR count). The molecule has 0 radical (unpaired) electrons. The molecule has 10 heavy (non-hydrogen) atoms. The van der Waals surface area contributed by atoms with Crippen LogP contribution in [0.5, 0.6) is 0 Å². The Hall–Kier alpha value is 0.967. The molecule has 0 saturated heterocycles. The first kappa shape index (κ1) is 13.5. The summed E-state index contributed by atoms with van der Waals surface area (Å²) in [7, 11) is 0. The Balaban J connectivity index is 0. The van der Waals surface area contributed by atoms with E-state index in [0.717, 1.165) is 0 Å². The zero-order valence-corrected chi connectivity index (χ0v) is 11.1. The molecule has 0 aromatic rings. The van der Waals surface area contributed by atoms with E-state index >= 15 is 0 Å². The third-order valence-corrected chi connectivity index (χ3v) is 1.33. The molecule has 0 heterocycles. The van der Waals surface area contributed by atoms with Gasteiger partial charge >= 0.3 is 45.0 Å². The Labute approximate surface area is 94.4 Å². The molecule has 52 valence electrons. The molecule has 2 heteroatoms. The van der Waals surface area contributed by atoms with Gasteiger partial charge in [0, 0.05) is 0 Å². The Morgan fingerprint density at radius 2 is 0.800 bits per heavy atom. The second-order valence-electron chi connectivity index (χ2n) is 2.10. The van der Waals surface area contributed by atoms with Gasteiger partial charge in [0.25, 0.3) is 0 Å². The van der Waals surface area contributed by atoms with Crippen LogP contribution in [0.15, 0.2) is 24.3 Å². The van der Waals surface area contributed by atoms with Gasteiger partial charge in [0.15, 0.2) is 0 Å². The van der Waals surface area contributed by atoms with Gasteiger partial charge in [-0.05, 0) is 25.7 Å². The van der Waals surface area contributed by atoms with Crippen molar-refractivity contribution in [2.24, 2.45) is 0 Å². The van der Waals surface area contributed by atoms with Crippen LogP contribution in [0.2, 0.25) is 0 Å². The summed E-state index contributed by atoms with van der Waals surface area (Å²) in [5, 5.41) is 0. The minimum atomic E-state index is 0. The smallest absolute Gasteiger partial charge is 0.0882 e. The molecule has 0 bridgehead atoms. The molecular formula is C8H12PtSn+6. The summed E-state index contributed by atoms with van der Waals surface area (Å²) in [6.07, 6.45) is 14.0. The standard InChI is InChI=1S/C8H12.Pt.Sn/c1-2-4-6-8-7-5-3-1;;/h1-2,7-8H,3-6H2;;/q;+2;+4. The van der Waals surface area contributed by atoms with Gasteiger partial charge in [0.2, 0.25) is 0 Å². The average Bonchev–Trinajstić information content (AvgIpc) is 1.62. The van der Waals surface area contributed by atoms with Gasteiger partial charge in [-0.3, -0.25) is 0 Å². The zero-order chi connectivity index (χ0) is 5.66. The molecule has 0 fully saturated rings. The van der Waals surface area contributed by atoms with Crippen LogP contribution in [-0.2, 0) is 21.1 Å². The minimum absolute atomic E-state index is 0. The van der Waals surface area contributed by atoms with Crippen molar-refractivity contribution < 1.29 is 21.1 Å². The molecule has 1 aliphatic rings. The zero-order valence-electron chi connectivity index (χ0n) is 5.95. The van der Waals surface area contributed by atoms with E-state index in [1.165, 1.54) is 25.7 Å². The van der Waals surface area contributed by atoms with Crippen LogP contribution >= 0.6 is 0 Å². The van der Waals surface area contributed by atoms with Gasteiger partial charge in [0.1, 0.15) is 0 Å². The summed E-state index contributed by atoms with van der Waals surface area (Å²) in [6, 6.07) is 0. The van der Waals surface area contributed by atoms with Crippen molar-refractivity contribution in [2.45, 2.75) is 25.7 Å². The van der Waals surface area contributed by atoms with Gasteiger partial charge < -0.3 is 0 Å². The van der Waals surface area contributed by atoms with Crippen molar-refractivity contribution in [1.82, 2.24) is 0 Å². The molecule has 0 aromatic heterocycles. The number of allylic oxidation sites excluding steroid dienone is 4. The topological polar surface area (TPSA) is 0 Å². The molecule has 0 nitrogen and oxygen atoms in total. The van der Waals surface area contributed by atoms with Crippen LogP contribution in [0.1, 0.15) is 25.7 Å². The fourth-order valence-electron chi connectivity index (χ4n) is 0.856. The van der Waals surface area contributed by atoms with Gasteiger partial charge in [-0.1, -0.05) is 24.3 Å². The predicted molar refractivity (Wildman–Crippen MR) is 42.5 cm³/mol. The van der Waals surface area contributed by atoms with Crippen LogP contribution in [0.3, 0.4) is 0 Å². The fourth-order valence-corrected chi connectivity index (χ4v) is 0.856. The molecular weight excluding hydrogens is 410 g/mol. The second-order valence-corrected chi connectivity index (χ2v) is 2.10. The molecule has 0 N–H and O–H groups in total. The van der Waals surface area contributed by atoms with Gasteiger partial charge in [-0.15, -0.1) is 0 Å². The molecule has 0 spiro atoms. The summed E-state index contributed by atoms with van der Waals surface area (Å²) in [5.74, 6) is 0. The maximum absolute atomic E-state index is 2.27. The predicted octanol–water partition coefficient (Wildman–Crippen LogP) is 2.29. The van der Waals surface area contributed by atoms with E-state index in [4.69, 9.17) is 0 Å². The molecule has 1 aliphatic carbocycles. The first-order chi connectivity index (χ1) is 4.00. The normalized spacial score (nSPS) is 16.0. The van der Waals surface area contributed by atoms with E-state index in [-0.39, 0.29) is 45.0 Å². The average molecular weight is 422 g/mol. The molecule has 0 amide bonds. The van der Waals surface area contributed by atoms with Gasteiger partial charge in [-0.2, -0.15) is 0 Å². The van der Waals surface area contributed by atoms with E-state index in [1.807, 2.05) is 0 Å². The molecule has 0 aromatic carbocycles. The van der Waals surface area contributed by atoms with Crippen molar-refractivity contribution in [3.63, 3.8) is 0 Å². The largest absolute Gasteiger partial charge is 4.00 e. The summed E-state index contributed by atoms with van der Waals surface area (Å²) in [4.78, 5) is 0. The summed E-state index contributed by atoms with van der Waals surface area (Å²) < 4.78 is 0. The molecule has 0 unspecified atom stereocenters. The van der Waals surface area contributed by atoms with E-state index < -0.39 is 0 Å². The minimum Gasteiger partial charge on any atom is -0.0882 e. The van der Waals surface area contributed by atoms with Crippen LogP contribution in [-0.4, -0.2) is 23.9 Å². The van der Waals surface area contributed by atoms with Crippen molar-refractivity contribution in [2.75, 3.05) is 0 Å². The Morgan fingerprint density at radius 1 is 0.600 bits per heavy atom. The van der Waals surface area contributed by atoms with Crippen molar-refractivity contribution in [3.05, 3.63) is 24.3 Å². The van der Waals surface area contributed by atoms with Crippen molar-refractivity contribution in [3.8, 4) is 0 Å². The molecule has 0 saturated carbocycles. The Bertz CT molecular complexity index is 81.8. The summed E-state index contributed by atoms with van der Waals surface area (Å²) in [6.45, 7) is 0. The van der Waals surface area contributed by atoms with Crippen LogP contribution in [0, 0.1) is 0 Å². The van der Waals surface area contributed by atoms with Crippen molar-refractivity contribution in [1.29, 1.82) is 0 Å². The maximum atomic E-state index is 2.27. The Morgan fingerprint density at radius 3 is 1.00 bits per heavy atom. The first-order valence-electron chi connectivity index (χ1n) is 3.30. The third-order valence-electron chi connectivity index (χ3n) is 1.33.